The summed E-state index contributed by atoms with van der Waals surface area (Å²) in [6.07, 6.45) is 0.555. The van der Waals surface area contributed by atoms with Gasteiger partial charge in [0, 0.05) is 31.9 Å². The van der Waals surface area contributed by atoms with Gasteiger partial charge in [-0.05, 0) is 24.1 Å². The van der Waals surface area contributed by atoms with Crippen LogP contribution in [0.2, 0.25) is 0 Å². The summed E-state index contributed by atoms with van der Waals surface area (Å²) in [4.78, 5) is 4.21. The molecule has 0 amide bonds. The summed E-state index contributed by atoms with van der Waals surface area (Å²) in [6.45, 7) is 0. The summed E-state index contributed by atoms with van der Waals surface area (Å²) in [5, 5.41) is 0. The van der Waals surface area contributed by atoms with Crippen LogP contribution in [0.3, 0.4) is 0 Å². The molecule has 4 nitrogen and oxygen atoms in total. The number of rotatable bonds is 5. The molecule has 0 aliphatic carbocycles. The zero-order chi connectivity index (χ0) is 15.5. The lowest BCUT2D eigenvalue weighted by molar-refractivity contribution is -0.137. The van der Waals surface area contributed by atoms with Gasteiger partial charge in [-0.2, -0.15) is 13.2 Å². The van der Waals surface area contributed by atoms with Crippen LogP contribution in [-0.4, -0.2) is 9.55 Å². The van der Waals surface area contributed by atoms with Gasteiger partial charge in [-0.1, -0.05) is 12.1 Å². The summed E-state index contributed by atoms with van der Waals surface area (Å²) < 4.78 is 39.5. The van der Waals surface area contributed by atoms with Crippen LogP contribution in [0.25, 0.3) is 0 Å². The van der Waals surface area contributed by atoms with Gasteiger partial charge in [-0.3, -0.25) is 11.3 Å². The largest absolute Gasteiger partial charge is 0.416 e. The lowest BCUT2D eigenvalue weighted by Crippen LogP contribution is -2.28. The number of nitrogens with two attached hydrogens (primary N) is 1. The third-order valence-corrected chi connectivity index (χ3v) is 3.42. The number of hydrogen-bond acceptors (Lipinski definition) is 3. The molecule has 0 fully saturated rings. The van der Waals surface area contributed by atoms with Crippen LogP contribution in [0.1, 0.15) is 29.4 Å². The van der Waals surface area contributed by atoms with Crippen LogP contribution >= 0.6 is 0 Å². The van der Waals surface area contributed by atoms with Gasteiger partial charge in [0.05, 0.1) is 5.56 Å². The Labute approximate surface area is 120 Å². The number of nitrogens with zero attached hydrogens (tertiary/aromatic N) is 2. The third kappa shape index (κ3) is 3.83. The Kier molecular flexibility index (Phi) is 4.64. The fourth-order valence-electron chi connectivity index (χ4n) is 2.16. The number of hydrogen-bond donors (Lipinski definition) is 2. The normalized spacial score (nSPS) is 13.4. The van der Waals surface area contributed by atoms with E-state index in [0.29, 0.717) is 12.8 Å². The Bertz CT molecular complexity index is 575. The summed E-state index contributed by atoms with van der Waals surface area (Å²) in [6, 6.07) is 4.82. The number of aryl methyl sites for hydroxylation is 2. The monoisotopic (exact) mass is 298 g/mol. The van der Waals surface area contributed by atoms with Crippen LogP contribution < -0.4 is 11.3 Å². The highest BCUT2D eigenvalue weighted by molar-refractivity contribution is 5.26. The standard InChI is InChI=1S/C14H17F3N4/c1-21-9-8-19-13(21)7-6-12(20-18)10-2-4-11(5-3-10)14(15,16)17/h2-5,8-9,12,20H,6-7,18H2,1H3. The highest BCUT2D eigenvalue weighted by atomic mass is 19.4. The van der Waals surface area contributed by atoms with Crippen LogP contribution in [-0.2, 0) is 19.6 Å². The minimum Gasteiger partial charge on any atom is -0.338 e. The van der Waals surface area contributed by atoms with Crippen molar-refractivity contribution >= 4 is 0 Å². The minimum atomic E-state index is -4.32. The van der Waals surface area contributed by atoms with Gasteiger partial charge in [-0.25, -0.2) is 4.98 Å². The average molecular weight is 298 g/mol. The van der Waals surface area contributed by atoms with Gasteiger partial charge in [0.15, 0.2) is 0 Å². The molecule has 0 saturated heterocycles. The fraction of sp³-hybridized carbons (Fsp3) is 0.357. The Hall–Kier alpha value is -1.86. The SMILES string of the molecule is Cn1ccnc1CCC(NN)c1ccc(C(F)(F)F)cc1. The van der Waals surface area contributed by atoms with Crippen molar-refractivity contribution < 1.29 is 13.2 Å². The number of alkyl halides is 3. The first-order chi connectivity index (χ1) is 9.91. The molecule has 1 unspecified atom stereocenters. The highest BCUT2D eigenvalue weighted by Crippen LogP contribution is 2.30. The molecule has 0 saturated carbocycles. The molecule has 0 aliphatic heterocycles. The van der Waals surface area contributed by atoms with Crippen molar-refractivity contribution in [3.8, 4) is 0 Å². The first-order valence-electron chi connectivity index (χ1n) is 6.51. The zero-order valence-electron chi connectivity index (χ0n) is 11.6. The van der Waals surface area contributed by atoms with Crippen LogP contribution in [0.5, 0.6) is 0 Å². The number of imidazole rings is 1. The molecule has 0 aliphatic rings. The number of hydrazine groups is 1. The molecule has 1 aromatic heterocycles. The molecule has 7 heteroatoms. The van der Waals surface area contributed by atoms with E-state index in [9.17, 15) is 13.2 Å². The van der Waals surface area contributed by atoms with E-state index in [-0.39, 0.29) is 6.04 Å². The molecule has 0 bridgehead atoms. The molecule has 1 aromatic carbocycles. The van der Waals surface area contributed by atoms with Crippen molar-refractivity contribution in [3.63, 3.8) is 0 Å². The Balaban J connectivity index is 2.05. The van der Waals surface area contributed by atoms with Crippen LogP contribution in [0.4, 0.5) is 13.2 Å². The predicted octanol–water partition coefficient (Wildman–Crippen LogP) is 2.58. The Morgan fingerprint density at radius 1 is 1.29 bits per heavy atom. The van der Waals surface area contributed by atoms with Gasteiger partial charge in [0.25, 0.3) is 0 Å². The molecule has 21 heavy (non-hydrogen) atoms. The predicted molar refractivity (Wildman–Crippen MR) is 73.0 cm³/mol. The lowest BCUT2D eigenvalue weighted by Gasteiger charge is -2.17. The molecule has 2 rings (SSSR count). The molecule has 1 heterocycles. The molecular weight excluding hydrogens is 281 g/mol. The van der Waals surface area contributed by atoms with Gasteiger partial charge in [0.1, 0.15) is 5.82 Å². The third-order valence-electron chi connectivity index (χ3n) is 3.42. The highest BCUT2D eigenvalue weighted by Gasteiger charge is 2.30. The number of benzene rings is 1. The minimum absolute atomic E-state index is 0.219. The average Bonchev–Trinajstić information content (AvgIpc) is 2.85. The molecule has 2 aromatic rings. The van der Waals surface area contributed by atoms with Crippen molar-refractivity contribution in [2.45, 2.75) is 25.1 Å². The van der Waals surface area contributed by atoms with Crippen molar-refractivity contribution in [2.75, 3.05) is 0 Å². The number of aromatic nitrogens is 2. The van der Waals surface area contributed by atoms with Crippen LogP contribution in [0, 0.1) is 0 Å². The second-order valence-electron chi connectivity index (χ2n) is 4.83. The Morgan fingerprint density at radius 3 is 2.43 bits per heavy atom. The van der Waals surface area contributed by atoms with E-state index in [0.717, 1.165) is 23.5 Å². The molecule has 0 spiro atoms. The molecular formula is C14H17F3N4. The molecule has 3 N–H and O–H groups in total. The molecule has 1 atom stereocenters. The topological polar surface area (TPSA) is 55.9 Å². The van der Waals surface area contributed by atoms with Gasteiger partial charge in [0.2, 0.25) is 0 Å². The van der Waals surface area contributed by atoms with E-state index in [1.807, 2.05) is 17.8 Å². The van der Waals surface area contributed by atoms with Crippen molar-refractivity contribution in [2.24, 2.45) is 12.9 Å². The second kappa shape index (κ2) is 6.28. The van der Waals surface area contributed by atoms with Gasteiger partial charge in [-0.15, -0.1) is 0 Å². The summed E-state index contributed by atoms with van der Waals surface area (Å²) in [7, 11) is 1.89. The number of nitrogens with one attached hydrogen (secondary N) is 1. The summed E-state index contributed by atoms with van der Waals surface area (Å²) in [5.74, 6) is 6.41. The summed E-state index contributed by atoms with van der Waals surface area (Å²) >= 11 is 0. The van der Waals surface area contributed by atoms with E-state index in [1.165, 1.54) is 12.1 Å². The van der Waals surface area contributed by atoms with E-state index in [2.05, 4.69) is 10.4 Å². The first-order valence-corrected chi connectivity index (χ1v) is 6.51. The second-order valence-corrected chi connectivity index (χ2v) is 4.83. The van der Waals surface area contributed by atoms with E-state index in [1.54, 1.807) is 6.20 Å². The zero-order valence-corrected chi connectivity index (χ0v) is 11.6. The van der Waals surface area contributed by atoms with E-state index >= 15 is 0 Å². The fourth-order valence-corrected chi connectivity index (χ4v) is 2.16. The molecule has 114 valence electrons. The quantitative estimate of drug-likeness (QED) is 0.659. The van der Waals surface area contributed by atoms with Crippen LogP contribution in [0.15, 0.2) is 36.7 Å². The number of halogens is 3. The molecule has 0 radical (unpaired) electrons. The first kappa shape index (κ1) is 15.5. The van der Waals surface area contributed by atoms with Gasteiger partial charge >= 0.3 is 6.18 Å². The van der Waals surface area contributed by atoms with Crippen molar-refractivity contribution in [1.29, 1.82) is 0 Å². The maximum absolute atomic E-state index is 12.5. The summed E-state index contributed by atoms with van der Waals surface area (Å²) in [5.41, 5.74) is 2.70. The van der Waals surface area contributed by atoms with E-state index < -0.39 is 11.7 Å². The van der Waals surface area contributed by atoms with E-state index in [4.69, 9.17) is 5.84 Å². The maximum Gasteiger partial charge on any atom is 0.416 e. The van der Waals surface area contributed by atoms with Crippen molar-refractivity contribution in [1.82, 2.24) is 15.0 Å². The maximum atomic E-state index is 12.5. The Morgan fingerprint density at radius 2 is 1.95 bits per heavy atom. The van der Waals surface area contributed by atoms with Gasteiger partial charge < -0.3 is 4.57 Å². The smallest absolute Gasteiger partial charge is 0.338 e. The lowest BCUT2D eigenvalue weighted by atomic mass is 10.0. The van der Waals surface area contributed by atoms with Crippen molar-refractivity contribution in [3.05, 3.63) is 53.6 Å².